The maximum absolute atomic E-state index is 12.5. The number of aliphatic imine (C=N–C) groups is 1. The Labute approximate surface area is 133 Å². The quantitative estimate of drug-likeness (QED) is 0.711. The van der Waals surface area contributed by atoms with E-state index in [1.165, 1.54) is 0 Å². The number of hydrogen-bond acceptors (Lipinski definition) is 2. The lowest BCUT2D eigenvalue weighted by Gasteiger charge is -2.20. The molecule has 0 aliphatic carbocycles. The van der Waals surface area contributed by atoms with Gasteiger partial charge in [-0.3, -0.25) is 9.98 Å². The van der Waals surface area contributed by atoms with Gasteiger partial charge in [0.25, 0.3) is 0 Å². The molecule has 1 aromatic rings. The second kappa shape index (κ2) is 7.77. The second-order valence-corrected chi connectivity index (χ2v) is 5.67. The third kappa shape index (κ3) is 5.13. The van der Waals surface area contributed by atoms with Gasteiger partial charge in [0.05, 0.1) is 5.69 Å². The molecule has 1 unspecified atom stereocenters. The highest BCUT2D eigenvalue weighted by Crippen LogP contribution is 2.32. The van der Waals surface area contributed by atoms with Crippen molar-refractivity contribution < 1.29 is 13.2 Å². The Morgan fingerprint density at radius 1 is 1.32 bits per heavy atom. The van der Waals surface area contributed by atoms with Gasteiger partial charge >= 0.3 is 6.18 Å². The smallest absolute Gasteiger partial charge is 0.293 e. The van der Waals surface area contributed by atoms with Crippen LogP contribution in [0.4, 0.5) is 13.2 Å². The van der Waals surface area contributed by atoms with Crippen molar-refractivity contribution in [1.82, 2.24) is 4.98 Å². The van der Waals surface area contributed by atoms with E-state index >= 15 is 0 Å². The Kier molecular flexibility index (Phi) is 6.00. The molecule has 1 atom stereocenters. The fourth-order valence-corrected chi connectivity index (χ4v) is 2.80. The van der Waals surface area contributed by atoms with Crippen LogP contribution in [0.2, 0.25) is 0 Å². The van der Waals surface area contributed by atoms with Crippen molar-refractivity contribution in [2.75, 3.05) is 6.54 Å². The molecule has 0 spiro atoms. The summed E-state index contributed by atoms with van der Waals surface area (Å²) in [5, 5.41) is 0. The summed E-state index contributed by atoms with van der Waals surface area (Å²) in [6, 6.07) is 3.69. The highest BCUT2D eigenvalue weighted by Gasteiger charge is 2.28. The van der Waals surface area contributed by atoms with E-state index in [1.54, 1.807) is 18.5 Å². The van der Waals surface area contributed by atoms with E-state index in [0.29, 0.717) is 25.3 Å². The molecule has 2 rings (SSSR count). The Morgan fingerprint density at radius 3 is 2.86 bits per heavy atom. The molecule has 0 amide bonds. The maximum atomic E-state index is 12.5. The summed E-state index contributed by atoms with van der Waals surface area (Å²) in [5.41, 5.74) is 2.56. The molecule has 0 fully saturated rings. The van der Waals surface area contributed by atoms with E-state index < -0.39 is 12.6 Å². The molecule has 1 aliphatic heterocycles. The third-order valence-corrected chi connectivity index (χ3v) is 4.02. The zero-order chi connectivity index (χ0) is 16.0. The first-order chi connectivity index (χ1) is 10.5. The normalized spacial score (nSPS) is 19.5. The zero-order valence-electron chi connectivity index (χ0n) is 12.1. The summed E-state index contributed by atoms with van der Waals surface area (Å²) in [5.74, 6) is 0.278. The van der Waals surface area contributed by atoms with Crippen molar-refractivity contribution in [3.05, 3.63) is 35.7 Å². The van der Waals surface area contributed by atoms with Crippen molar-refractivity contribution in [1.29, 1.82) is 0 Å². The number of aromatic nitrogens is 1. The number of nitrogens with zero attached hydrogens (tertiary/aromatic N) is 2. The summed E-state index contributed by atoms with van der Waals surface area (Å²) in [7, 11) is 0. The lowest BCUT2D eigenvalue weighted by atomic mass is 9.88. The minimum atomic E-state index is -4.11. The van der Waals surface area contributed by atoms with Crippen LogP contribution in [-0.4, -0.2) is 23.9 Å². The fraction of sp³-hybridized carbons (Fsp3) is 0.500. The highest BCUT2D eigenvalue weighted by atomic mass is 35.5. The van der Waals surface area contributed by atoms with Gasteiger partial charge in [0.2, 0.25) is 0 Å². The van der Waals surface area contributed by atoms with Crippen molar-refractivity contribution in [3.8, 4) is 0 Å². The number of hydrogen-bond donors (Lipinski definition) is 0. The van der Waals surface area contributed by atoms with Crippen LogP contribution in [0, 0.1) is 5.92 Å². The zero-order valence-corrected chi connectivity index (χ0v) is 12.9. The summed E-state index contributed by atoms with van der Waals surface area (Å²) < 4.78 is 37.4. The summed E-state index contributed by atoms with van der Waals surface area (Å²) in [4.78, 5) is 8.57. The van der Waals surface area contributed by atoms with Gasteiger partial charge in [-0.25, -0.2) is 0 Å². The van der Waals surface area contributed by atoms with E-state index in [0.717, 1.165) is 16.8 Å². The van der Waals surface area contributed by atoms with Crippen LogP contribution >= 0.6 is 11.6 Å². The molecule has 22 heavy (non-hydrogen) atoms. The molecule has 2 nitrogen and oxygen atoms in total. The molecule has 0 N–H and O–H groups in total. The van der Waals surface area contributed by atoms with Crippen molar-refractivity contribution in [2.45, 2.75) is 37.7 Å². The van der Waals surface area contributed by atoms with Gasteiger partial charge in [-0.05, 0) is 48.5 Å². The topological polar surface area (TPSA) is 25.2 Å². The number of alkyl halides is 4. The molecule has 0 aromatic carbocycles. The number of pyridine rings is 1. The van der Waals surface area contributed by atoms with Crippen LogP contribution in [0.5, 0.6) is 0 Å². The van der Waals surface area contributed by atoms with Crippen LogP contribution < -0.4 is 0 Å². The first-order valence-corrected chi connectivity index (χ1v) is 7.79. The SMILES string of the molecule is FC(F)(F)CCC1CCN=CC=C(c2ncccc2CCl)C1. The van der Waals surface area contributed by atoms with Gasteiger partial charge in [0.15, 0.2) is 0 Å². The molecule has 0 saturated heterocycles. The lowest BCUT2D eigenvalue weighted by molar-refractivity contribution is -0.137. The minimum Gasteiger partial charge on any atom is -0.293 e. The van der Waals surface area contributed by atoms with Crippen LogP contribution in [0.15, 0.2) is 29.4 Å². The van der Waals surface area contributed by atoms with Crippen molar-refractivity contribution in [2.24, 2.45) is 10.9 Å². The fourth-order valence-electron chi connectivity index (χ4n) is 2.58. The van der Waals surface area contributed by atoms with Crippen LogP contribution in [0.1, 0.15) is 36.9 Å². The first-order valence-electron chi connectivity index (χ1n) is 7.25. The highest BCUT2D eigenvalue weighted by molar-refractivity contribution is 6.17. The van der Waals surface area contributed by atoms with E-state index in [1.807, 2.05) is 12.1 Å². The molecule has 6 heteroatoms. The van der Waals surface area contributed by atoms with E-state index in [2.05, 4.69) is 9.98 Å². The largest absolute Gasteiger partial charge is 0.389 e. The van der Waals surface area contributed by atoms with E-state index in [-0.39, 0.29) is 12.3 Å². The standard InChI is InChI=1S/C16H18ClF3N2/c17-11-14-2-1-7-22-15(14)13-5-9-21-8-4-12(10-13)3-6-16(18,19)20/h1-2,5,7,9,12H,3-4,6,8,10-11H2. The molecular formula is C16H18ClF3N2. The van der Waals surface area contributed by atoms with Gasteiger partial charge in [0.1, 0.15) is 0 Å². The monoisotopic (exact) mass is 330 g/mol. The molecule has 1 aromatic heterocycles. The van der Waals surface area contributed by atoms with Crippen LogP contribution in [0.3, 0.4) is 0 Å². The first kappa shape index (κ1) is 17.0. The molecule has 1 aliphatic rings. The number of allylic oxidation sites excluding steroid dienone is 2. The van der Waals surface area contributed by atoms with Crippen molar-refractivity contribution in [3.63, 3.8) is 0 Å². The minimum absolute atomic E-state index is 0.0458. The van der Waals surface area contributed by atoms with E-state index in [9.17, 15) is 13.2 Å². The van der Waals surface area contributed by atoms with Crippen LogP contribution in [-0.2, 0) is 5.88 Å². The maximum Gasteiger partial charge on any atom is 0.389 e. The lowest BCUT2D eigenvalue weighted by Crippen LogP contribution is -2.13. The Morgan fingerprint density at radius 2 is 2.14 bits per heavy atom. The number of halogens is 4. The van der Waals surface area contributed by atoms with Gasteiger partial charge in [-0.2, -0.15) is 13.2 Å². The van der Waals surface area contributed by atoms with Gasteiger partial charge < -0.3 is 0 Å². The molecule has 0 radical (unpaired) electrons. The van der Waals surface area contributed by atoms with Gasteiger partial charge in [-0.1, -0.05) is 6.07 Å². The Balaban J connectivity index is 2.17. The summed E-state index contributed by atoms with van der Waals surface area (Å²) in [6.07, 6.45) is 1.73. The Bertz CT molecular complexity index is 553. The van der Waals surface area contributed by atoms with Crippen LogP contribution in [0.25, 0.3) is 5.57 Å². The van der Waals surface area contributed by atoms with Gasteiger partial charge in [-0.15, -0.1) is 11.6 Å². The molecule has 0 bridgehead atoms. The predicted octanol–water partition coefficient (Wildman–Crippen LogP) is 5.03. The predicted molar refractivity (Wildman–Crippen MR) is 83.1 cm³/mol. The Hall–Kier alpha value is -1.36. The second-order valence-electron chi connectivity index (χ2n) is 5.40. The summed E-state index contributed by atoms with van der Waals surface area (Å²) >= 11 is 5.93. The third-order valence-electron chi connectivity index (χ3n) is 3.73. The van der Waals surface area contributed by atoms with Crippen molar-refractivity contribution >= 4 is 23.4 Å². The molecule has 120 valence electrons. The molecule has 2 heterocycles. The number of rotatable bonds is 4. The molecule has 0 saturated carbocycles. The van der Waals surface area contributed by atoms with Gasteiger partial charge in [0, 0.05) is 31.3 Å². The van der Waals surface area contributed by atoms with E-state index in [4.69, 9.17) is 11.6 Å². The average molecular weight is 331 g/mol. The summed E-state index contributed by atoms with van der Waals surface area (Å²) in [6.45, 7) is 0.566. The average Bonchev–Trinajstić information content (AvgIpc) is 2.45. The molecular weight excluding hydrogens is 313 g/mol.